The largest absolute Gasteiger partial charge is 0.493 e. The van der Waals surface area contributed by atoms with E-state index in [0.29, 0.717) is 53.9 Å². The molecule has 0 amide bonds. The van der Waals surface area contributed by atoms with E-state index >= 15 is 0 Å². The van der Waals surface area contributed by atoms with Gasteiger partial charge < -0.3 is 23.7 Å². The van der Waals surface area contributed by atoms with Crippen molar-refractivity contribution in [2.24, 2.45) is 0 Å². The summed E-state index contributed by atoms with van der Waals surface area (Å²) >= 11 is 0. The number of rotatable bonds is 6. The van der Waals surface area contributed by atoms with Gasteiger partial charge in [0.25, 0.3) is 0 Å². The fraction of sp³-hybridized carbons (Fsp3) is 0.259. The molecule has 1 aromatic heterocycles. The Balaban J connectivity index is 1.46. The highest BCUT2D eigenvalue weighted by Gasteiger charge is 2.34. The maximum Gasteiger partial charge on any atom is 0.231 e. The minimum atomic E-state index is -0.188. The predicted molar refractivity (Wildman–Crippen MR) is 129 cm³/mol. The van der Waals surface area contributed by atoms with Crippen LogP contribution in [0.15, 0.2) is 48.5 Å². The molecule has 5 rings (SSSR count). The number of allylic oxidation sites excluding steroid dienone is 1. The van der Waals surface area contributed by atoms with E-state index in [9.17, 15) is 4.79 Å². The predicted octanol–water partition coefficient (Wildman–Crippen LogP) is 4.38. The quantitative estimate of drug-likeness (QED) is 0.487. The normalized spacial score (nSPS) is 15.8. The number of nitrogens with zero attached hydrogens (tertiary/aromatic N) is 2. The van der Waals surface area contributed by atoms with Crippen LogP contribution < -0.4 is 23.7 Å². The highest BCUT2D eigenvalue weighted by Crippen LogP contribution is 2.45. The monoisotopic (exact) mass is 474 g/mol. The first kappa shape index (κ1) is 22.7. The summed E-state index contributed by atoms with van der Waals surface area (Å²) in [5, 5.41) is 0. The van der Waals surface area contributed by atoms with Gasteiger partial charge >= 0.3 is 0 Å². The number of pyridine rings is 1. The molecule has 2 aliphatic heterocycles. The van der Waals surface area contributed by atoms with Gasteiger partial charge in [-0.2, -0.15) is 0 Å². The molecule has 0 N–H and O–H groups in total. The molecule has 180 valence electrons. The second-order valence-corrected chi connectivity index (χ2v) is 8.35. The molecule has 35 heavy (non-hydrogen) atoms. The summed E-state index contributed by atoms with van der Waals surface area (Å²) in [5.41, 5.74) is 4.04. The zero-order chi connectivity index (χ0) is 24.5. The van der Waals surface area contributed by atoms with Crippen LogP contribution in [0.2, 0.25) is 0 Å². The Morgan fingerprint density at radius 1 is 1.09 bits per heavy atom. The lowest BCUT2D eigenvalue weighted by Crippen LogP contribution is -2.32. The number of carbonyl (C=O) groups is 1. The van der Waals surface area contributed by atoms with E-state index in [1.165, 1.54) is 14.2 Å². The second kappa shape index (κ2) is 9.31. The van der Waals surface area contributed by atoms with Gasteiger partial charge in [0, 0.05) is 42.2 Å². The number of hydrogen-bond donors (Lipinski definition) is 0. The molecule has 3 heterocycles. The van der Waals surface area contributed by atoms with Crippen LogP contribution in [0.3, 0.4) is 0 Å². The van der Waals surface area contributed by atoms with Gasteiger partial charge in [0.2, 0.25) is 11.5 Å². The number of carbonyl (C=O) groups excluding carboxylic acids is 1. The molecule has 8 heteroatoms. The zero-order valence-corrected chi connectivity index (χ0v) is 20.1. The molecule has 2 aromatic carbocycles. The highest BCUT2D eigenvalue weighted by atomic mass is 16.5. The molecule has 0 aliphatic carbocycles. The molecule has 0 radical (unpaired) electrons. The van der Waals surface area contributed by atoms with Crippen molar-refractivity contribution in [3.05, 3.63) is 76.3 Å². The van der Waals surface area contributed by atoms with Gasteiger partial charge in [-0.1, -0.05) is 6.07 Å². The summed E-state index contributed by atoms with van der Waals surface area (Å²) < 4.78 is 28.5. The van der Waals surface area contributed by atoms with Crippen LogP contribution in [0.4, 0.5) is 0 Å². The molecule has 3 aromatic rings. The Hall–Kier alpha value is -4.04. The first-order valence-electron chi connectivity index (χ1n) is 11.2. The summed E-state index contributed by atoms with van der Waals surface area (Å²) in [6.07, 6.45) is 5.27. The van der Waals surface area contributed by atoms with Crippen molar-refractivity contribution in [1.29, 1.82) is 0 Å². The zero-order valence-electron chi connectivity index (χ0n) is 20.1. The third kappa shape index (κ3) is 4.06. The van der Waals surface area contributed by atoms with Gasteiger partial charge in [-0.3, -0.25) is 14.7 Å². The van der Waals surface area contributed by atoms with E-state index in [2.05, 4.69) is 9.88 Å². The summed E-state index contributed by atoms with van der Waals surface area (Å²) in [6, 6.07) is 9.39. The minimum Gasteiger partial charge on any atom is -0.493 e. The second-order valence-electron chi connectivity index (χ2n) is 8.35. The van der Waals surface area contributed by atoms with Gasteiger partial charge in [-0.15, -0.1) is 0 Å². The van der Waals surface area contributed by atoms with Crippen LogP contribution in [0.1, 0.15) is 32.6 Å². The lowest BCUT2D eigenvalue weighted by Gasteiger charge is -2.30. The number of benzene rings is 2. The van der Waals surface area contributed by atoms with Crippen molar-refractivity contribution < 1.29 is 28.5 Å². The maximum absolute atomic E-state index is 13.3. The Morgan fingerprint density at radius 3 is 2.63 bits per heavy atom. The summed E-state index contributed by atoms with van der Waals surface area (Å²) in [7, 11) is 4.63. The van der Waals surface area contributed by atoms with Crippen LogP contribution >= 0.6 is 0 Å². The van der Waals surface area contributed by atoms with Crippen molar-refractivity contribution in [3.8, 4) is 28.7 Å². The third-order valence-electron chi connectivity index (χ3n) is 6.15. The maximum atomic E-state index is 13.3. The Morgan fingerprint density at radius 2 is 1.91 bits per heavy atom. The van der Waals surface area contributed by atoms with Gasteiger partial charge in [-0.05, 0) is 42.8 Å². The minimum absolute atomic E-state index is 0.188. The van der Waals surface area contributed by atoms with E-state index in [0.717, 1.165) is 22.4 Å². The summed E-state index contributed by atoms with van der Waals surface area (Å²) in [6.45, 7) is 3.73. The third-order valence-corrected chi connectivity index (χ3v) is 6.15. The molecular formula is C27H26N2O6. The van der Waals surface area contributed by atoms with Crippen molar-refractivity contribution in [2.75, 3.05) is 28.1 Å². The Kier molecular flexibility index (Phi) is 6.05. The smallest absolute Gasteiger partial charge is 0.231 e. The SMILES string of the molecule is COc1ccc(/C=C2\Oc3c(cc4c(c3C)OCN(Cc3cccnc3)C4)C2=O)c(OC)c1OC. The number of ketones is 1. The standard InChI is InChI=1S/C27H26N2O6/c1-16-24-19(14-29(15-34-24)13-17-6-5-9-28-12-17)10-20-23(30)22(35-25(16)20)11-18-7-8-21(31-2)27(33-4)26(18)32-3/h5-12H,13-15H2,1-4H3/b22-11-. The highest BCUT2D eigenvalue weighted by molar-refractivity contribution is 6.15. The van der Waals surface area contributed by atoms with Crippen molar-refractivity contribution in [1.82, 2.24) is 9.88 Å². The van der Waals surface area contributed by atoms with E-state index in [1.54, 1.807) is 31.5 Å². The topological polar surface area (TPSA) is 79.4 Å². The molecule has 0 unspecified atom stereocenters. The average molecular weight is 475 g/mol. The average Bonchev–Trinajstić information content (AvgIpc) is 3.19. The molecule has 0 spiro atoms. The number of fused-ring (bicyclic) bond motifs is 2. The molecule has 0 saturated carbocycles. The van der Waals surface area contributed by atoms with E-state index in [1.807, 2.05) is 31.3 Å². The van der Waals surface area contributed by atoms with Gasteiger partial charge in [0.15, 0.2) is 17.3 Å². The molecule has 0 saturated heterocycles. The molecule has 0 fully saturated rings. The van der Waals surface area contributed by atoms with Crippen LogP contribution in [-0.2, 0) is 13.1 Å². The lowest BCUT2D eigenvalue weighted by atomic mass is 9.99. The number of ether oxygens (including phenoxy) is 5. The fourth-order valence-electron chi connectivity index (χ4n) is 4.53. The fourth-order valence-corrected chi connectivity index (χ4v) is 4.53. The first-order valence-corrected chi connectivity index (χ1v) is 11.2. The van der Waals surface area contributed by atoms with Crippen LogP contribution in [0.25, 0.3) is 6.08 Å². The van der Waals surface area contributed by atoms with Crippen LogP contribution in [-0.4, -0.2) is 43.7 Å². The number of hydrogen-bond acceptors (Lipinski definition) is 8. The van der Waals surface area contributed by atoms with Crippen molar-refractivity contribution in [2.45, 2.75) is 20.0 Å². The van der Waals surface area contributed by atoms with Crippen LogP contribution in [0, 0.1) is 6.92 Å². The van der Waals surface area contributed by atoms with Crippen molar-refractivity contribution in [3.63, 3.8) is 0 Å². The van der Waals surface area contributed by atoms with Gasteiger partial charge in [-0.25, -0.2) is 0 Å². The van der Waals surface area contributed by atoms with E-state index in [4.69, 9.17) is 23.7 Å². The number of methoxy groups -OCH3 is 3. The first-order chi connectivity index (χ1) is 17.0. The lowest BCUT2D eigenvalue weighted by molar-refractivity contribution is 0.0876. The van der Waals surface area contributed by atoms with E-state index < -0.39 is 0 Å². The summed E-state index contributed by atoms with van der Waals surface area (Å²) in [4.78, 5) is 19.7. The van der Waals surface area contributed by atoms with E-state index in [-0.39, 0.29) is 11.5 Å². The summed E-state index contributed by atoms with van der Waals surface area (Å²) in [5.74, 6) is 2.75. The molecule has 2 aliphatic rings. The molecule has 0 bridgehead atoms. The number of aromatic nitrogens is 1. The molecular weight excluding hydrogens is 448 g/mol. The van der Waals surface area contributed by atoms with Crippen LogP contribution in [0.5, 0.6) is 28.7 Å². The molecule has 0 atom stereocenters. The Labute approximate surface area is 203 Å². The number of Topliss-reactive ketones (excluding diaryl/α,β-unsaturated/α-hetero) is 1. The van der Waals surface area contributed by atoms with Gasteiger partial charge in [0.05, 0.1) is 26.9 Å². The van der Waals surface area contributed by atoms with Gasteiger partial charge in [0.1, 0.15) is 18.2 Å². The van der Waals surface area contributed by atoms with Crippen molar-refractivity contribution >= 4 is 11.9 Å². The Bertz CT molecular complexity index is 1320. The molecule has 8 nitrogen and oxygen atoms in total.